The largest absolute Gasteiger partial charge is 0.480 e. The summed E-state index contributed by atoms with van der Waals surface area (Å²) in [6.45, 7) is 2.68. The number of likely N-dealkylation sites (tertiary alicyclic amines) is 1. The van der Waals surface area contributed by atoms with Gasteiger partial charge in [-0.05, 0) is 26.7 Å². The van der Waals surface area contributed by atoms with Crippen LogP contribution in [0.25, 0.3) is 0 Å². The number of hydrogen-bond donors (Lipinski definition) is 7. The molecule has 6 unspecified atom stereocenters. The molecule has 13 heteroatoms. The van der Waals surface area contributed by atoms with Crippen LogP contribution in [0.5, 0.6) is 0 Å². The van der Waals surface area contributed by atoms with Gasteiger partial charge >= 0.3 is 5.97 Å². The van der Waals surface area contributed by atoms with Gasteiger partial charge < -0.3 is 42.3 Å². The van der Waals surface area contributed by atoms with Crippen LogP contribution >= 0.6 is 0 Å². The number of nitrogens with two attached hydrogens (primary N) is 2. The van der Waals surface area contributed by atoms with E-state index in [1.807, 2.05) is 0 Å². The van der Waals surface area contributed by atoms with Gasteiger partial charge in [-0.15, -0.1) is 0 Å². The third kappa shape index (κ3) is 6.64. The lowest BCUT2D eigenvalue weighted by atomic mass is 10.1. The molecule has 1 rings (SSSR count). The molecule has 1 aliphatic heterocycles. The van der Waals surface area contributed by atoms with Gasteiger partial charge in [0.25, 0.3) is 0 Å². The van der Waals surface area contributed by atoms with E-state index in [0.29, 0.717) is 6.42 Å². The number of nitrogens with one attached hydrogen (secondary N) is 2. The van der Waals surface area contributed by atoms with Crippen molar-refractivity contribution < 1.29 is 39.3 Å². The van der Waals surface area contributed by atoms with Crippen LogP contribution in [0.15, 0.2) is 0 Å². The minimum absolute atomic E-state index is 0.131. The molecular formula is C17H29N5O8. The average Bonchev–Trinajstić information content (AvgIpc) is 3.13. The van der Waals surface area contributed by atoms with E-state index >= 15 is 0 Å². The summed E-state index contributed by atoms with van der Waals surface area (Å²) in [6.07, 6.45) is -2.52. The lowest BCUT2D eigenvalue weighted by Gasteiger charge is -2.31. The summed E-state index contributed by atoms with van der Waals surface area (Å²) in [6, 6.07) is -5.38. The van der Waals surface area contributed by atoms with Gasteiger partial charge in [-0.2, -0.15) is 0 Å². The Hall–Kier alpha value is -2.77. The van der Waals surface area contributed by atoms with E-state index in [1.165, 1.54) is 13.8 Å². The second-order valence-electron chi connectivity index (χ2n) is 7.25. The van der Waals surface area contributed by atoms with Crippen molar-refractivity contribution >= 4 is 29.6 Å². The maximum absolute atomic E-state index is 12.9. The number of rotatable bonds is 10. The van der Waals surface area contributed by atoms with Crippen molar-refractivity contribution in [1.29, 1.82) is 0 Å². The number of amides is 4. The molecule has 0 bridgehead atoms. The van der Waals surface area contributed by atoms with Gasteiger partial charge in [-0.1, -0.05) is 0 Å². The molecule has 1 fully saturated rings. The standard InChI is InChI=1S/C17H29N5O8/c1-7(23)12(19)15(27)21-13(8(2)24)16(28)22-5-3-4-10(22)14(26)20-9(17(29)30)6-11(18)25/h7-10,12-13,23-24H,3-6,19H2,1-2H3,(H2,18,25)(H,20,26)(H,21,27)(H,29,30). The first-order chi connectivity index (χ1) is 13.9. The fraction of sp³-hybridized carbons (Fsp3) is 0.706. The van der Waals surface area contributed by atoms with E-state index in [1.54, 1.807) is 0 Å². The predicted molar refractivity (Wildman–Crippen MR) is 101 cm³/mol. The van der Waals surface area contributed by atoms with Crippen LogP contribution in [0.2, 0.25) is 0 Å². The lowest BCUT2D eigenvalue weighted by molar-refractivity contribution is -0.147. The normalized spacial score (nSPS) is 21.1. The molecule has 13 nitrogen and oxygen atoms in total. The molecule has 9 N–H and O–H groups in total. The zero-order chi connectivity index (χ0) is 23.2. The molecule has 0 aromatic carbocycles. The van der Waals surface area contributed by atoms with Gasteiger partial charge in [0.2, 0.25) is 23.6 Å². The topological polar surface area (TPSA) is 225 Å². The first-order valence-electron chi connectivity index (χ1n) is 9.40. The smallest absolute Gasteiger partial charge is 0.326 e. The van der Waals surface area contributed by atoms with Gasteiger partial charge in [-0.3, -0.25) is 19.2 Å². The van der Waals surface area contributed by atoms with E-state index in [4.69, 9.17) is 16.6 Å². The molecule has 170 valence electrons. The Balaban J connectivity index is 2.94. The van der Waals surface area contributed by atoms with Crippen molar-refractivity contribution in [3.8, 4) is 0 Å². The van der Waals surface area contributed by atoms with E-state index in [9.17, 15) is 34.2 Å². The van der Waals surface area contributed by atoms with Crippen molar-refractivity contribution in [2.45, 2.75) is 69.5 Å². The molecule has 0 aliphatic carbocycles. The fourth-order valence-electron chi connectivity index (χ4n) is 3.01. The van der Waals surface area contributed by atoms with Crippen LogP contribution in [0.1, 0.15) is 33.1 Å². The number of aliphatic hydroxyl groups excluding tert-OH is 2. The summed E-state index contributed by atoms with van der Waals surface area (Å²) in [4.78, 5) is 60.9. The first-order valence-corrected chi connectivity index (χ1v) is 9.40. The van der Waals surface area contributed by atoms with Crippen molar-refractivity contribution in [3.05, 3.63) is 0 Å². The number of primary amides is 1. The number of carboxylic acid groups (broad SMARTS) is 1. The highest BCUT2D eigenvalue weighted by atomic mass is 16.4. The molecule has 0 spiro atoms. The zero-order valence-corrected chi connectivity index (χ0v) is 16.8. The van der Waals surface area contributed by atoms with Gasteiger partial charge in [0.1, 0.15) is 24.2 Å². The van der Waals surface area contributed by atoms with E-state index < -0.39 is 72.4 Å². The Labute approximate surface area is 172 Å². The summed E-state index contributed by atoms with van der Waals surface area (Å²) in [7, 11) is 0. The van der Waals surface area contributed by atoms with E-state index in [0.717, 1.165) is 4.90 Å². The summed E-state index contributed by atoms with van der Waals surface area (Å²) >= 11 is 0. The molecule has 6 atom stereocenters. The van der Waals surface area contributed by atoms with Gasteiger partial charge in [0.05, 0.1) is 18.6 Å². The summed E-state index contributed by atoms with van der Waals surface area (Å²) in [5.74, 6) is -4.81. The maximum Gasteiger partial charge on any atom is 0.326 e. The number of aliphatic carboxylic acids is 1. The highest BCUT2D eigenvalue weighted by Crippen LogP contribution is 2.20. The van der Waals surface area contributed by atoms with Crippen LogP contribution in [0, 0.1) is 0 Å². The van der Waals surface area contributed by atoms with Crippen LogP contribution in [-0.4, -0.2) is 92.7 Å². The molecular weight excluding hydrogens is 402 g/mol. The minimum Gasteiger partial charge on any atom is -0.480 e. The van der Waals surface area contributed by atoms with Crippen molar-refractivity contribution in [2.24, 2.45) is 11.5 Å². The van der Waals surface area contributed by atoms with E-state index in [-0.39, 0.29) is 13.0 Å². The number of carboxylic acids is 1. The molecule has 4 amide bonds. The molecule has 1 heterocycles. The minimum atomic E-state index is -1.55. The number of hydrogen-bond acceptors (Lipinski definition) is 8. The molecule has 0 aromatic heterocycles. The Morgan fingerprint density at radius 1 is 1.10 bits per heavy atom. The second-order valence-corrected chi connectivity index (χ2v) is 7.25. The quantitative estimate of drug-likeness (QED) is 0.178. The monoisotopic (exact) mass is 431 g/mol. The van der Waals surface area contributed by atoms with E-state index in [2.05, 4.69) is 10.6 Å². The molecule has 0 saturated carbocycles. The summed E-state index contributed by atoms with van der Waals surface area (Å²) in [5.41, 5.74) is 10.5. The summed E-state index contributed by atoms with van der Waals surface area (Å²) in [5, 5.41) is 33.0. The second kappa shape index (κ2) is 10.8. The lowest BCUT2D eigenvalue weighted by Crippen LogP contribution is -2.60. The molecule has 1 aliphatic rings. The fourth-order valence-corrected chi connectivity index (χ4v) is 3.01. The Morgan fingerprint density at radius 2 is 1.70 bits per heavy atom. The van der Waals surface area contributed by atoms with Crippen LogP contribution in [-0.2, 0) is 24.0 Å². The highest BCUT2D eigenvalue weighted by Gasteiger charge is 2.40. The molecule has 0 aromatic rings. The average molecular weight is 431 g/mol. The van der Waals surface area contributed by atoms with Crippen molar-refractivity contribution in [2.75, 3.05) is 6.54 Å². The third-order valence-corrected chi connectivity index (χ3v) is 4.73. The van der Waals surface area contributed by atoms with Gasteiger partial charge in [0, 0.05) is 6.54 Å². The van der Waals surface area contributed by atoms with Gasteiger partial charge in [0.15, 0.2) is 0 Å². The third-order valence-electron chi connectivity index (χ3n) is 4.73. The van der Waals surface area contributed by atoms with Crippen LogP contribution in [0.3, 0.4) is 0 Å². The van der Waals surface area contributed by atoms with Crippen LogP contribution in [0.4, 0.5) is 0 Å². The maximum atomic E-state index is 12.9. The summed E-state index contributed by atoms with van der Waals surface area (Å²) < 4.78 is 0. The first kappa shape index (κ1) is 25.3. The number of aliphatic hydroxyl groups is 2. The Morgan fingerprint density at radius 3 is 2.17 bits per heavy atom. The predicted octanol–water partition coefficient (Wildman–Crippen LogP) is -4.00. The van der Waals surface area contributed by atoms with Crippen molar-refractivity contribution in [1.82, 2.24) is 15.5 Å². The number of carbonyl (C=O) groups is 5. The van der Waals surface area contributed by atoms with Crippen molar-refractivity contribution in [3.63, 3.8) is 0 Å². The Kier molecular flexibility index (Phi) is 9.14. The van der Waals surface area contributed by atoms with Crippen LogP contribution < -0.4 is 22.1 Å². The zero-order valence-electron chi connectivity index (χ0n) is 16.8. The highest BCUT2D eigenvalue weighted by molar-refractivity contribution is 5.95. The van der Waals surface area contributed by atoms with Gasteiger partial charge in [-0.25, -0.2) is 4.79 Å². The number of nitrogens with zero attached hydrogens (tertiary/aromatic N) is 1. The molecule has 1 saturated heterocycles. The SMILES string of the molecule is CC(O)C(N)C(=O)NC(C(=O)N1CCCC1C(=O)NC(CC(N)=O)C(=O)O)C(C)O. The Bertz CT molecular complexity index is 683. The molecule has 0 radical (unpaired) electrons. The molecule has 30 heavy (non-hydrogen) atoms. The number of carbonyl (C=O) groups excluding carboxylic acids is 4.